The third kappa shape index (κ3) is 3.68. The zero-order valence-electron chi connectivity index (χ0n) is 13.1. The van der Waals surface area contributed by atoms with E-state index in [-0.39, 0.29) is 0 Å². The van der Waals surface area contributed by atoms with E-state index in [0.29, 0.717) is 0 Å². The van der Waals surface area contributed by atoms with Gasteiger partial charge in [-0.25, -0.2) is 15.0 Å². The Balaban J connectivity index is 0.000000232. The van der Waals surface area contributed by atoms with E-state index in [4.69, 9.17) is 0 Å². The Kier molecular flexibility index (Phi) is 5.09. The lowest BCUT2D eigenvalue weighted by molar-refractivity contribution is 0.576. The number of H-pyrrole nitrogens is 1. The quantitative estimate of drug-likeness (QED) is 0.763. The SMILES string of the molecule is CCCC(C)C.CNc1ncnc2cc3nc[nH]c3cc12. The van der Waals surface area contributed by atoms with Crippen LogP contribution in [-0.2, 0) is 0 Å². The zero-order chi connectivity index (χ0) is 15.2. The Bertz CT molecular complexity index is 702. The maximum atomic E-state index is 4.21. The molecule has 5 heteroatoms. The summed E-state index contributed by atoms with van der Waals surface area (Å²) in [4.78, 5) is 15.6. The summed E-state index contributed by atoms with van der Waals surface area (Å²) in [7, 11) is 1.85. The minimum absolute atomic E-state index is 0.830. The third-order valence-corrected chi connectivity index (χ3v) is 3.28. The first-order chi connectivity index (χ1) is 10.2. The highest BCUT2D eigenvalue weighted by atomic mass is 15.0. The van der Waals surface area contributed by atoms with Gasteiger partial charge in [0.1, 0.15) is 12.1 Å². The van der Waals surface area contributed by atoms with Gasteiger partial charge in [-0.2, -0.15) is 0 Å². The minimum atomic E-state index is 0.830. The van der Waals surface area contributed by atoms with Crippen molar-refractivity contribution >= 4 is 27.8 Å². The number of hydrogen-bond acceptors (Lipinski definition) is 4. The topological polar surface area (TPSA) is 66.5 Å². The number of aromatic amines is 1. The molecule has 2 aromatic heterocycles. The van der Waals surface area contributed by atoms with E-state index in [1.165, 1.54) is 12.8 Å². The van der Waals surface area contributed by atoms with Crippen LogP contribution in [0.4, 0.5) is 5.82 Å². The van der Waals surface area contributed by atoms with Gasteiger partial charge in [0.2, 0.25) is 0 Å². The molecule has 0 saturated heterocycles. The molecule has 0 bridgehead atoms. The third-order valence-electron chi connectivity index (χ3n) is 3.28. The summed E-state index contributed by atoms with van der Waals surface area (Å²) in [5.74, 6) is 1.73. The number of nitrogens with one attached hydrogen (secondary N) is 2. The highest BCUT2D eigenvalue weighted by Gasteiger charge is 2.04. The van der Waals surface area contributed by atoms with Crippen LogP contribution in [0.25, 0.3) is 21.9 Å². The zero-order valence-corrected chi connectivity index (χ0v) is 13.1. The number of hydrogen-bond donors (Lipinski definition) is 2. The van der Waals surface area contributed by atoms with Crippen molar-refractivity contribution in [2.45, 2.75) is 33.6 Å². The Hall–Kier alpha value is -2.17. The molecule has 3 aromatic rings. The summed E-state index contributed by atoms with van der Waals surface area (Å²) in [6.07, 6.45) is 5.93. The average Bonchev–Trinajstić information content (AvgIpc) is 2.92. The molecule has 0 aliphatic rings. The van der Waals surface area contributed by atoms with Gasteiger partial charge in [0, 0.05) is 12.4 Å². The molecule has 0 amide bonds. The van der Waals surface area contributed by atoms with Crippen molar-refractivity contribution in [2.24, 2.45) is 5.92 Å². The number of aromatic nitrogens is 4. The molecular formula is C16H23N5. The number of rotatable bonds is 3. The summed E-state index contributed by atoms with van der Waals surface area (Å²) < 4.78 is 0. The monoisotopic (exact) mass is 285 g/mol. The van der Waals surface area contributed by atoms with Crippen LogP contribution in [0, 0.1) is 5.92 Å². The summed E-state index contributed by atoms with van der Waals surface area (Å²) in [6, 6.07) is 3.95. The highest BCUT2D eigenvalue weighted by molar-refractivity contribution is 5.98. The predicted molar refractivity (Wildman–Crippen MR) is 88.5 cm³/mol. The number of imidazole rings is 1. The molecule has 0 saturated carbocycles. The van der Waals surface area contributed by atoms with Gasteiger partial charge in [-0.1, -0.05) is 33.6 Å². The van der Waals surface area contributed by atoms with Crippen LogP contribution in [-0.4, -0.2) is 27.0 Å². The van der Waals surface area contributed by atoms with Crippen molar-refractivity contribution in [2.75, 3.05) is 12.4 Å². The van der Waals surface area contributed by atoms with Crippen molar-refractivity contribution in [3.05, 3.63) is 24.8 Å². The maximum Gasteiger partial charge on any atom is 0.137 e. The molecule has 3 rings (SSSR count). The Morgan fingerprint density at radius 2 is 1.95 bits per heavy atom. The Morgan fingerprint density at radius 3 is 2.57 bits per heavy atom. The molecule has 0 spiro atoms. The molecule has 2 heterocycles. The van der Waals surface area contributed by atoms with E-state index in [0.717, 1.165) is 33.7 Å². The molecule has 1 aromatic carbocycles. The fourth-order valence-corrected chi connectivity index (χ4v) is 2.26. The molecule has 0 unspecified atom stereocenters. The van der Waals surface area contributed by atoms with Crippen molar-refractivity contribution in [3.8, 4) is 0 Å². The van der Waals surface area contributed by atoms with Gasteiger partial charge < -0.3 is 10.3 Å². The molecule has 2 N–H and O–H groups in total. The minimum Gasteiger partial charge on any atom is -0.373 e. The molecule has 0 aliphatic carbocycles. The van der Waals surface area contributed by atoms with Crippen LogP contribution in [0.3, 0.4) is 0 Å². The molecular weight excluding hydrogens is 262 g/mol. The van der Waals surface area contributed by atoms with Crippen LogP contribution in [0.5, 0.6) is 0 Å². The maximum absolute atomic E-state index is 4.21. The fraction of sp³-hybridized carbons (Fsp3) is 0.438. The van der Waals surface area contributed by atoms with E-state index >= 15 is 0 Å². The summed E-state index contributed by atoms with van der Waals surface area (Å²) in [5.41, 5.74) is 2.81. The first-order valence-electron chi connectivity index (χ1n) is 7.41. The lowest BCUT2D eigenvalue weighted by Crippen LogP contribution is -1.94. The molecule has 0 radical (unpaired) electrons. The van der Waals surface area contributed by atoms with E-state index in [9.17, 15) is 0 Å². The molecule has 0 aliphatic heterocycles. The van der Waals surface area contributed by atoms with Crippen LogP contribution < -0.4 is 5.32 Å². The first-order valence-corrected chi connectivity index (χ1v) is 7.41. The molecule has 21 heavy (non-hydrogen) atoms. The van der Waals surface area contributed by atoms with Crippen molar-refractivity contribution in [1.82, 2.24) is 19.9 Å². The van der Waals surface area contributed by atoms with Crippen molar-refractivity contribution in [1.29, 1.82) is 0 Å². The van der Waals surface area contributed by atoms with Gasteiger partial charge in [0.15, 0.2) is 0 Å². The van der Waals surface area contributed by atoms with Crippen molar-refractivity contribution in [3.63, 3.8) is 0 Å². The van der Waals surface area contributed by atoms with E-state index in [2.05, 4.69) is 46.0 Å². The van der Waals surface area contributed by atoms with Crippen LogP contribution in [0.15, 0.2) is 24.8 Å². The standard InChI is InChI=1S/C10H9N5.C6H14/c1-11-10-6-2-8-9(14-4-13-8)3-7(6)12-5-15-10;1-4-5-6(2)3/h2-5H,1H3,(H,13,14)(H,11,12,15);6H,4-5H2,1-3H3. The van der Waals surface area contributed by atoms with E-state index in [1.54, 1.807) is 12.7 Å². The van der Waals surface area contributed by atoms with Gasteiger partial charge in [0.25, 0.3) is 0 Å². The second-order valence-electron chi connectivity index (χ2n) is 5.44. The van der Waals surface area contributed by atoms with Crippen LogP contribution in [0.1, 0.15) is 33.6 Å². The smallest absolute Gasteiger partial charge is 0.137 e. The fourth-order valence-electron chi connectivity index (χ4n) is 2.26. The number of fused-ring (bicyclic) bond motifs is 2. The van der Waals surface area contributed by atoms with Gasteiger partial charge in [0.05, 0.1) is 22.9 Å². The average molecular weight is 285 g/mol. The van der Waals surface area contributed by atoms with Crippen LogP contribution >= 0.6 is 0 Å². The molecule has 112 valence electrons. The second kappa shape index (κ2) is 7.02. The molecule has 0 fully saturated rings. The van der Waals surface area contributed by atoms with Gasteiger partial charge in [-0.15, -0.1) is 0 Å². The van der Waals surface area contributed by atoms with Gasteiger partial charge in [-0.05, 0) is 18.1 Å². The number of nitrogens with zero attached hydrogens (tertiary/aromatic N) is 3. The first kappa shape index (κ1) is 15.2. The van der Waals surface area contributed by atoms with Crippen molar-refractivity contribution < 1.29 is 0 Å². The summed E-state index contributed by atoms with van der Waals surface area (Å²) in [6.45, 7) is 6.73. The summed E-state index contributed by atoms with van der Waals surface area (Å²) in [5, 5.41) is 4.04. The van der Waals surface area contributed by atoms with Crippen LogP contribution in [0.2, 0.25) is 0 Å². The predicted octanol–water partition coefficient (Wildman–Crippen LogP) is 3.99. The van der Waals surface area contributed by atoms with E-state index in [1.807, 2.05) is 19.2 Å². The molecule has 5 nitrogen and oxygen atoms in total. The number of anilines is 1. The van der Waals surface area contributed by atoms with E-state index < -0.39 is 0 Å². The highest BCUT2D eigenvalue weighted by Crippen LogP contribution is 2.22. The Morgan fingerprint density at radius 1 is 1.14 bits per heavy atom. The number of benzene rings is 1. The lowest BCUT2D eigenvalue weighted by Gasteiger charge is -2.03. The normalized spacial score (nSPS) is 10.7. The lowest BCUT2D eigenvalue weighted by atomic mass is 10.1. The van der Waals surface area contributed by atoms with Gasteiger partial charge >= 0.3 is 0 Å². The largest absolute Gasteiger partial charge is 0.373 e. The Labute approximate surface area is 125 Å². The van der Waals surface area contributed by atoms with Gasteiger partial charge in [-0.3, -0.25) is 0 Å². The molecule has 0 atom stereocenters. The summed E-state index contributed by atoms with van der Waals surface area (Å²) >= 11 is 0. The second-order valence-corrected chi connectivity index (χ2v) is 5.44.